The van der Waals surface area contributed by atoms with E-state index in [1.807, 2.05) is 19.1 Å². The highest BCUT2D eigenvalue weighted by Gasteiger charge is 2.27. The summed E-state index contributed by atoms with van der Waals surface area (Å²) in [7, 11) is 0. The third-order valence-electron chi connectivity index (χ3n) is 4.29. The number of amides is 1. The topological polar surface area (TPSA) is 80.7 Å². The highest BCUT2D eigenvalue weighted by atomic mass is 16.5. The maximum absolute atomic E-state index is 12.5. The second-order valence-corrected chi connectivity index (χ2v) is 6.02. The normalized spacial score (nSPS) is 17.0. The zero-order valence-electron chi connectivity index (χ0n) is 14.3. The Morgan fingerprint density at radius 2 is 2.04 bits per heavy atom. The van der Waals surface area contributed by atoms with Gasteiger partial charge in [0.25, 0.3) is 5.91 Å². The highest BCUT2D eigenvalue weighted by Crippen LogP contribution is 2.23. The quantitative estimate of drug-likeness (QED) is 0.901. The number of hydrogen-bond donors (Lipinski definition) is 1. The van der Waals surface area contributed by atoms with Crippen molar-refractivity contribution in [3.05, 3.63) is 40.7 Å². The Morgan fingerprint density at radius 3 is 2.62 bits per heavy atom. The molecular formula is C17H23N3O4. The van der Waals surface area contributed by atoms with Gasteiger partial charge in [-0.3, -0.25) is 9.69 Å². The Balaban J connectivity index is 1.73. The van der Waals surface area contributed by atoms with Crippen LogP contribution in [-0.4, -0.2) is 48.8 Å². The van der Waals surface area contributed by atoms with Gasteiger partial charge >= 0.3 is 0 Å². The lowest BCUT2D eigenvalue weighted by molar-refractivity contribution is 0.0117. The summed E-state index contributed by atoms with van der Waals surface area (Å²) in [4.78, 5) is 14.8. The van der Waals surface area contributed by atoms with Crippen molar-refractivity contribution in [2.45, 2.75) is 26.8 Å². The molecule has 2 aromatic rings. The van der Waals surface area contributed by atoms with Gasteiger partial charge in [-0.2, -0.15) is 0 Å². The maximum Gasteiger partial charge on any atom is 0.256 e. The van der Waals surface area contributed by atoms with Gasteiger partial charge < -0.3 is 19.0 Å². The number of nitrogens with zero attached hydrogens (tertiary/aromatic N) is 2. The SMILES string of the molecule is Cc1ccc(C(CNC(=O)c2c(C)noc2C)N2CCOCC2)o1. The van der Waals surface area contributed by atoms with Crippen molar-refractivity contribution < 1.29 is 18.5 Å². The molecule has 0 aromatic carbocycles. The minimum absolute atomic E-state index is 0.0213. The van der Waals surface area contributed by atoms with Crippen LogP contribution in [0.1, 0.15) is 39.4 Å². The van der Waals surface area contributed by atoms with Gasteiger partial charge in [0.05, 0.1) is 24.9 Å². The molecule has 1 unspecified atom stereocenters. The molecule has 130 valence electrons. The summed E-state index contributed by atoms with van der Waals surface area (Å²) in [5, 5.41) is 6.82. The first-order valence-corrected chi connectivity index (χ1v) is 8.15. The summed E-state index contributed by atoms with van der Waals surface area (Å²) in [5.74, 6) is 2.07. The lowest BCUT2D eigenvalue weighted by Gasteiger charge is -2.33. The van der Waals surface area contributed by atoms with E-state index in [0.717, 1.165) is 24.6 Å². The Kier molecular flexibility index (Phi) is 5.01. The summed E-state index contributed by atoms with van der Waals surface area (Å²) in [6, 6.07) is 3.89. The Bertz CT molecular complexity index is 681. The van der Waals surface area contributed by atoms with Crippen molar-refractivity contribution in [3.63, 3.8) is 0 Å². The molecule has 3 heterocycles. The molecule has 1 saturated heterocycles. The van der Waals surface area contributed by atoms with Crippen LogP contribution >= 0.6 is 0 Å². The second-order valence-electron chi connectivity index (χ2n) is 6.02. The number of morpholine rings is 1. The van der Waals surface area contributed by atoms with Crippen molar-refractivity contribution in [2.24, 2.45) is 0 Å². The average Bonchev–Trinajstić information content (AvgIpc) is 3.14. The van der Waals surface area contributed by atoms with Crippen molar-refractivity contribution in [2.75, 3.05) is 32.8 Å². The number of furan rings is 1. The maximum atomic E-state index is 12.5. The largest absolute Gasteiger partial charge is 0.465 e. The van der Waals surface area contributed by atoms with Crippen LogP contribution in [0.15, 0.2) is 21.1 Å². The molecule has 2 aromatic heterocycles. The summed E-state index contributed by atoms with van der Waals surface area (Å²) in [6.07, 6.45) is 0. The minimum atomic E-state index is -0.173. The first-order valence-electron chi connectivity index (χ1n) is 8.15. The van der Waals surface area contributed by atoms with Crippen LogP contribution in [0.2, 0.25) is 0 Å². The number of carbonyl (C=O) groups is 1. The fourth-order valence-corrected chi connectivity index (χ4v) is 3.02. The first-order chi connectivity index (χ1) is 11.6. The molecule has 1 aliphatic rings. The van der Waals surface area contributed by atoms with Crippen molar-refractivity contribution >= 4 is 5.91 Å². The molecule has 1 fully saturated rings. The van der Waals surface area contributed by atoms with E-state index in [1.54, 1.807) is 13.8 Å². The molecule has 0 saturated carbocycles. The minimum Gasteiger partial charge on any atom is -0.465 e. The highest BCUT2D eigenvalue weighted by molar-refractivity contribution is 5.96. The van der Waals surface area contributed by atoms with Crippen LogP contribution < -0.4 is 5.32 Å². The molecule has 0 radical (unpaired) electrons. The Labute approximate surface area is 140 Å². The molecule has 24 heavy (non-hydrogen) atoms. The van der Waals surface area contributed by atoms with E-state index in [0.29, 0.717) is 36.8 Å². The number of nitrogens with one attached hydrogen (secondary N) is 1. The van der Waals surface area contributed by atoms with Crippen molar-refractivity contribution in [3.8, 4) is 0 Å². The van der Waals surface area contributed by atoms with Gasteiger partial charge in [-0.25, -0.2) is 0 Å². The lowest BCUT2D eigenvalue weighted by atomic mass is 10.1. The van der Waals surface area contributed by atoms with Crippen LogP contribution in [0.25, 0.3) is 0 Å². The Hall–Kier alpha value is -2.12. The van der Waals surface area contributed by atoms with Gasteiger partial charge in [0.15, 0.2) is 0 Å². The molecule has 1 atom stereocenters. The fourth-order valence-electron chi connectivity index (χ4n) is 3.02. The van der Waals surface area contributed by atoms with Crippen molar-refractivity contribution in [1.29, 1.82) is 0 Å². The lowest BCUT2D eigenvalue weighted by Crippen LogP contribution is -2.43. The Morgan fingerprint density at radius 1 is 1.29 bits per heavy atom. The third kappa shape index (κ3) is 3.52. The summed E-state index contributed by atoms with van der Waals surface area (Å²) < 4.78 is 16.3. The molecule has 1 amide bonds. The van der Waals surface area contributed by atoms with Crippen molar-refractivity contribution in [1.82, 2.24) is 15.4 Å². The molecule has 0 aliphatic carbocycles. The van der Waals surface area contributed by atoms with E-state index in [-0.39, 0.29) is 11.9 Å². The van der Waals surface area contributed by atoms with Gasteiger partial charge in [-0.15, -0.1) is 0 Å². The number of ether oxygens (including phenoxy) is 1. The number of rotatable bonds is 5. The van der Waals surface area contributed by atoms with Crippen LogP contribution in [0.3, 0.4) is 0 Å². The van der Waals surface area contributed by atoms with Crippen LogP contribution in [-0.2, 0) is 4.74 Å². The molecule has 7 heteroatoms. The third-order valence-corrected chi connectivity index (χ3v) is 4.29. The molecule has 7 nitrogen and oxygen atoms in total. The van der Waals surface area contributed by atoms with Gasteiger partial charge in [0.2, 0.25) is 0 Å². The summed E-state index contributed by atoms with van der Waals surface area (Å²) in [6.45, 7) is 8.88. The molecule has 3 rings (SSSR count). The van der Waals surface area contributed by atoms with Gasteiger partial charge in [-0.05, 0) is 32.9 Å². The van der Waals surface area contributed by atoms with E-state index in [4.69, 9.17) is 13.7 Å². The number of carbonyl (C=O) groups excluding carboxylic acids is 1. The molecule has 1 N–H and O–H groups in total. The van der Waals surface area contributed by atoms with Crippen LogP contribution in [0, 0.1) is 20.8 Å². The predicted octanol–water partition coefficient (Wildman–Crippen LogP) is 2.00. The van der Waals surface area contributed by atoms with Gasteiger partial charge in [0.1, 0.15) is 22.8 Å². The summed E-state index contributed by atoms with van der Waals surface area (Å²) >= 11 is 0. The summed E-state index contributed by atoms with van der Waals surface area (Å²) in [5.41, 5.74) is 1.10. The molecule has 1 aliphatic heterocycles. The van der Waals surface area contributed by atoms with E-state index in [1.165, 1.54) is 0 Å². The zero-order chi connectivity index (χ0) is 17.1. The van der Waals surface area contributed by atoms with Gasteiger partial charge in [-0.1, -0.05) is 5.16 Å². The smallest absolute Gasteiger partial charge is 0.256 e. The van der Waals surface area contributed by atoms with E-state index >= 15 is 0 Å². The van der Waals surface area contributed by atoms with Crippen LogP contribution in [0.5, 0.6) is 0 Å². The number of aryl methyl sites for hydroxylation is 3. The number of aromatic nitrogens is 1. The van der Waals surface area contributed by atoms with E-state index in [2.05, 4.69) is 15.4 Å². The fraction of sp³-hybridized carbons (Fsp3) is 0.529. The number of hydrogen-bond acceptors (Lipinski definition) is 6. The molecule has 0 spiro atoms. The molecule has 0 bridgehead atoms. The van der Waals surface area contributed by atoms with Gasteiger partial charge in [0, 0.05) is 19.6 Å². The van der Waals surface area contributed by atoms with Crippen LogP contribution in [0.4, 0.5) is 0 Å². The van der Waals surface area contributed by atoms with E-state index < -0.39 is 0 Å². The molecular weight excluding hydrogens is 310 g/mol. The second kappa shape index (κ2) is 7.19. The standard InChI is InChI=1S/C17H23N3O4/c1-11-4-5-15(23-11)14(20-6-8-22-9-7-20)10-18-17(21)16-12(2)19-24-13(16)3/h4-5,14H,6-10H2,1-3H3,(H,18,21). The first kappa shape index (κ1) is 16.7. The predicted molar refractivity (Wildman–Crippen MR) is 86.9 cm³/mol. The zero-order valence-corrected chi connectivity index (χ0v) is 14.3. The van der Waals surface area contributed by atoms with E-state index in [9.17, 15) is 4.79 Å². The monoisotopic (exact) mass is 333 g/mol. The average molecular weight is 333 g/mol.